The second kappa shape index (κ2) is 7.20. The number of nitro groups is 1. The van der Waals surface area contributed by atoms with Crippen molar-refractivity contribution in [2.75, 3.05) is 13.1 Å². The second-order valence-electron chi connectivity index (χ2n) is 5.95. The molecule has 1 aromatic carbocycles. The Hall–Kier alpha value is -2.17. The van der Waals surface area contributed by atoms with Crippen LogP contribution in [0.15, 0.2) is 35.3 Å². The van der Waals surface area contributed by atoms with Crippen molar-refractivity contribution in [1.82, 2.24) is 4.90 Å². The van der Waals surface area contributed by atoms with Crippen LogP contribution in [0.3, 0.4) is 0 Å². The highest BCUT2D eigenvalue weighted by Gasteiger charge is 2.16. The fourth-order valence-electron chi connectivity index (χ4n) is 2.69. The maximum Gasteiger partial charge on any atom is 0.269 e. The summed E-state index contributed by atoms with van der Waals surface area (Å²) in [4.78, 5) is 17.5. The molecular formula is C17H23N3O2. The van der Waals surface area contributed by atoms with E-state index in [1.54, 1.807) is 12.1 Å². The number of non-ortho nitro benzene ring substituents is 1. The van der Waals surface area contributed by atoms with Gasteiger partial charge in [0.15, 0.2) is 0 Å². The van der Waals surface area contributed by atoms with Crippen molar-refractivity contribution in [1.29, 1.82) is 0 Å². The van der Waals surface area contributed by atoms with E-state index in [2.05, 4.69) is 11.5 Å². The van der Waals surface area contributed by atoms with Crippen LogP contribution in [-0.4, -0.2) is 28.7 Å². The highest BCUT2D eigenvalue weighted by Crippen LogP contribution is 2.25. The molecule has 1 saturated heterocycles. The maximum absolute atomic E-state index is 10.8. The minimum absolute atomic E-state index is 0.112. The SMILES string of the molecule is C=C(C)CN1CCCCCC1=Nc1ccc([N+](=O)[O-])cc1C. The van der Waals surface area contributed by atoms with Gasteiger partial charge in [-0.3, -0.25) is 10.1 Å². The molecule has 0 bridgehead atoms. The molecule has 0 aromatic heterocycles. The van der Waals surface area contributed by atoms with Crippen molar-refractivity contribution in [2.45, 2.75) is 39.5 Å². The van der Waals surface area contributed by atoms with Crippen LogP contribution < -0.4 is 0 Å². The summed E-state index contributed by atoms with van der Waals surface area (Å²) in [5.41, 5.74) is 2.88. The zero-order valence-corrected chi connectivity index (χ0v) is 13.3. The summed E-state index contributed by atoms with van der Waals surface area (Å²) >= 11 is 0. The van der Waals surface area contributed by atoms with E-state index < -0.39 is 0 Å². The molecule has 0 radical (unpaired) electrons. The third-order valence-electron chi connectivity index (χ3n) is 3.79. The summed E-state index contributed by atoms with van der Waals surface area (Å²) in [5, 5.41) is 10.8. The maximum atomic E-state index is 10.8. The molecule has 0 atom stereocenters. The topological polar surface area (TPSA) is 58.7 Å². The molecule has 0 saturated carbocycles. The van der Waals surface area contributed by atoms with E-state index in [-0.39, 0.29) is 10.6 Å². The highest BCUT2D eigenvalue weighted by atomic mass is 16.6. The standard InChI is InChI=1S/C17H23N3O2/c1-13(2)12-19-10-6-4-5-7-17(19)18-16-9-8-15(20(21)22)11-14(16)3/h8-9,11H,1,4-7,10,12H2,2-3H3. The normalized spacial score (nSPS) is 17.4. The first kappa shape index (κ1) is 16.2. The van der Waals surface area contributed by atoms with Gasteiger partial charge in [0, 0.05) is 31.6 Å². The monoisotopic (exact) mass is 301 g/mol. The average Bonchev–Trinajstić information content (AvgIpc) is 2.66. The van der Waals surface area contributed by atoms with Crippen LogP contribution >= 0.6 is 0 Å². The van der Waals surface area contributed by atoms with Crippen LogP contribution in [-0.2, 0) is 0 Å². The number of aliphatic imine (C=N–C) groups is 1. The Morgan fingerprint density at radius 2 is 2.18 bits per heavy atom. The van der Waals surface area contributed by atoms with Gasteiger partial charge in [-0.15, -0.1) is 0 Å². The molecular weight excluding hydrogens is 278 g/mol. The van der Waals surface area contributed by atoms with Crippen LogP contribution in [0.25, 0.3) is 0 Å². The summed E-state index contributed by atoms with van der Waals surface area (Å²) in [6.45, 7) is 9.71. The van der Waals surface area contributed by atoms with Gasteiger partial charge >= 0.3 is 0 Å². The first-order valence-corrected chi connectivity index (χ1v) is 7.69. The number of benzene rings is 1. The van der Waals surface area contributed by atoms with Gasteiger partial charge in [0.1, 0.15) is 5.84 Å². The van der Waals surface area contributed by atoms with Crippen molar-refractivity contribution in [3.8, 4) is 0 Å². The highest BCUT2D eigenvalue weighted by molar-refractivity contribution is 5.85. The van der Waals surface area contributed by atoms with Crippen molar-refractivity contribution >= 4 is 17.2 Å². The third-order valence-corrected chi connectivity index (χ3v) is 3.79. The van der Waals surface area contributed by atoms with Crippen LogP contribution in [0.5, 0.6) is 0 Å². The molecule has 0 spiro atoms. The molecule has 1 heterocycles. The van der Waals surface area contributed by atoms with Gasteiger partial charge < -0.3 is 4.90 Å². The van der Waals surface area contributed by atoms with Crippen LogP contribution in [0, 0.1) is 17.0 Å². The van der Waals surface area contributed by atoms with Crippen LogP contribution in [0.2, 0.25) is 0 Å². The molecule has 22 heavy (non-hydrogen) atoms. The number of hydrogen-bond donors (Lipinski definition) is 0. The molecule has 5 nitrogen and oxygen atoms in total. The number of likely N-dealkylation sites (tertiary alicyclic amines) is 1. The molecule has 2 rings (SSSR count). The molecule has 0 aliphatic carbocycles. The Morgan fingerprint density at radius 3 is 2.82 bits per heavy atom. The van der Waals surface area contributed by atoms with Gasteiger partial charge in [-0.05, 0) is 38.3 Å². The number of nitro benzene ring substituents is 1. The molecule has 0 unspecified atom stereocenters. The zero-order valence-electron chi connectivity index (χ0n) is 13.3. The fraction of sp³-hybridized carbons (Fsp3) is 0.471. The van der Waals surface area contributed by atoms with E-state index >= 15 is 0 Å². The quantitative estimate of drug-likeness (QED) is 0.471. The van der Waals surface area contributed by atoms with Crippen molar-refractivity contribution in [2.24, 2.45) is 4.99 Å². The van der Waals surface area contributed by atoms with E-state index in [9.17, 15) is 10.1 Å². The summed E-state index contributed by atoms with van der Waals surface area (Å²) in [6, 6.07) is 4.84. The number of hydrogen-bond acceptors (Lipinski definition) is 3. The van der Waals surface area contributed by atoms with Crippen LogP contribution in [0.4, 0.5) is 11.4 Å². The lowest BCUT2D eigenvalue weighted by Gasteiger charge is -2.24. The van der Waals surface area contributed by atoms with E-state index in [4.69, 9.17) is 4.99 Å². The summed E-state index contributed by atoms with van der Waals surface area (Å²) < 4.78 is 0. The summed E-state index contributed by atoms with van der Waals surface area (Å²) in [5.74, 6) is 1.07. The van der Waals surface area contributed by atoms with Gasteiger partial charge in [0.25, 0.3) is 5.69 Å². The van der Waals surface area contributed by atoms with Gasteiger partial charge in [0.05, 0.1) is 10.6 Å². The first-order chi connectivity index (χ1) is 10.5. The molecule has 1 aliphatic rings. The van der Waals surface area contributed by atoms with E-state index in [1.165, 1.54) is 18.9 Å². The molecule has 1 aliphatic heterocycles. The molecule has 1 fully saturated rings. The third kappa shape index (κ3) is 4.16. The number of amidine groups is 1. The number of rotatable bonds is 4. The van der Waals surface area contributed by atoms with Crippen molar-refractivity contribution in [3.63, 3.8) is 0 Å². The predicted molar refractivity (Wildman–Crippen MR) is 89.8 cm³/mol. The number of aryl methyl sites for hydroxylation is 1. The molecule has 118 valence electrons. The van der Waals surface area contributed by atoms with Crippen molar-refractivity contribution < 1.29 is 4.92 Å². The Labute approximate surface area is 131 Å². The Bertz CT molecular complexity index is 608. The lowest BCUT2D eigenvalue weighted by Crippen LogP contribution is -2.31. The van der Waals surface area contributed by atoms with Gasteiger partial charge in [-0.1, -0.05) is 18.6 Å². The fourth-order valence-corrected chi connectivity index (χ4v) is 2.69. The van der Waals surface area contributed by atoms with E-state index in [1.807, 2.05) is 13.8 Å². The second-order valence-corrected chi connectivity index (χ2v) is 5.95. The van der Waals surface area contributed by atoms with Gasteiger partial charge in [-0.25, -0.2) is 4.99 Å². The number of nitrogens with zero attached hydrogens (tertiary/aromatic N) is 3. The smallest absolute Gasteiger partial charge is 0.269 e. The summed E-state index contributed by atoms with van der Waals surface area (Å²) in [6.07, 6.45) is 4.47. The van der Waals surface area contributed by atoms with Gasteiger partial charge in [0.2, 0.25) is 0 Å². The predicted octanol–water partition coefficient (Wildman–Crippen LogP) is 4.39. The van der Waals surface area contributed by atoms with Gasteiger partial charge in [-0.2, -0.15) is 0 Å². The van der Waals surface area contributed by atoms with E-state index in [0.29, 0.717) is 0 Å². The Morgan fingerprint density at radius 1 is 1.41 bits per heavy atom. The Balaban J connectivity index is 2.31. The zero-order chi connectivity index (χ0) is 16.1. The minimum Gasteiger partial charge on any atom is -0.356 e. The lowest BCUT2D eigenvalue weighted by atomic mass is 10.1. The average molecular weight is 301 g/mol. The molecule has 0 N–H and O–H groups in total. The summed E-state index contributed by atoms with van der Waals surface area (Å²) in [7, 11) is 0. The molecule has 0 amide bonds. The lowest BCUT2D eigenvalue weighted by molar-refractivity contribution is -0.384. The van der Waals surface area contributed by atoms with Crippen molar-refractivity contribution in [3.05, 3.63) is 46.0 Å². The Kier molecular flexibility index (Phi) is 5.31. The molecule has 5 heteroatoms. The molecule has 1 aromatic rings. The largest absolute Gasteiger partial charge is 0.356 e. The van der Waals surface area contributed by atoms with E-state index in [0.717, 1.165) is 48.6 Å². The minimum atomic E-state index is -0.372. The first-order valence-electron chi connectivity index (χ1n) is 7.69. The van der Waals surface area contributed by atoms with Crippen LogP contribution in [0.1, 0.15) is 38.2 Å².